The zero-order valence-electron chi connectivity index (χ0n) is 20.1. The summed E-state index contributed by atoms with van der Waals surface area (Å²) in [6.45, 7) is 3.32. The second kappa shape index (κ2) is 14.8. The number of carboxylic acid groups (broad SMARTS) is 2. The minimum atomic E-state index is -1.44. The van der Waals surface area contributed by atoms with E-state index in [0.717, 1.165) is 5.56 Å². The third-order valence-electron chi connectivity index (χ3n) is 4.72. The van der Waals surface area contributed by atoms with E-state index >= 15 is 0 Å². The molecule has 196 valence electrons. The molecule has 0 spiro atoms. The lowest BCUT2D eigenvalue weighted by Crippen LogP contribution is -2.53. The first-order valence-corrected chi connectivity index (χ1v) is 11.1. The molecule has 1 rings (SSSR count). The second-order valence-corrected chi connectivity index (χ2v) is 8.14. The van der Waals surface area contributed by atoms with Gasteiger partial charge in [0.25, 0.3) is 0 Å². The molecule has 0 bridgehead atoms. The van der Waals surface area contributed by atoms with Gasteiger partial charge in [-0.15, -0.1) is 0 Å². The fourth-order valence-electron chi connectivity index (χ4n) is 2.92. The van der Waals surface area contributed by atoms with Crippen LogP contribution < -0.4 is 27.4 Å². The van der Waals surface area contributed by atoms with E-state index in [4.69, 9.17) is 16.6 Å². The van der Waals surface area contributed by atoms with Gasteiger partial charge in [0.1, 0.15) is 12.1 Å². The van der Waals surface area contributed by atoms with Crippen molar-refractivity contribution in [1.29, 1.82) is 0 Å². The number of rotatable bonds is 14. The van der Waals surface area contributed by atoms with E-state index in [1.54, 1.807) is 44.2 Å². The summed E-state index contributed by atoms with van der Waals surface area (Å²) in [6.07, 6.45) is 2.32. The quantitative estimate of drug-likeness (QED) is 0.0761. The molecular weight excluding hydrogens is 472 g/mol. The van der Waals surface area contributed by atoms with Crippen LogP contribution in [0.2, 0.25) is 0 Å². The van der Waals surface area contributed by atoms with Crippen LogP contribution in [0, 0.1) is 5.92 Å². The summed E-state index contributed by atoms with van der Waals surface area (Å²) >= 11 is 0. The first kappa shape index (κ1) is 29.6. The molecule has 0 radical (unpaired) electrons. The van der Waals surface area contributed by atoms with Gasteiger partial charge in [-0.2, -0.15) is 0 Å². The Morgan fingerprint density at radius 3 is 2.19 bits per heavy atom. The van der Waals surface area contributed by atoms with Crippen LogP contribution in [-0.2, 0) is 24.0 Å². The fourth-order valence-corrected chi connectivity index (χ4v) is 2.92. The molecule has 0 saturated heterocycles. The van der Waals surface area contributed by atoms with Crippen LogP contribution in [0.3, 0.4) is 0 Å². The highest BCUT2D eigenvalue weighted by Gasteiger charge is 2.29. The van der Waals surface area contributed by atoms with Crippen LogP contribution in [0.5, 0.6) is 0 Å². The predicted octanol–water partition coefficient (Wildman–Crippen LogP) is -0.314. The number of aliphatic carboxylic acids is 2. The average molecular weight is 505 g/mol. The van der Waals surface area contributed by atoms with Crippen LogP contribution >= 0.6 is 0 Å². The number of aliphatic imine (C=N–C) groups is 1. The van der Waals surface area contributed by atoms with Crippen molar-refractivity contribution in [2.45, 2.75) is 45.2 Å². The molecule has 0 aliphatic heterocycles. The fraction of sp³-hybridized carbons (Fsp3) is 0.391. The number of amides is 3. The Morgan fingerprint density at radius 1 is 1.03 bits per heavy atom. The number of carbonyl (C=O) groups excluding carboxylic acids is 3. The largest absolute Gasteiger partial charge is 0.481 e. The maximum Gasteiger partial charge on any atom is 0.326 e. The molecule has 0 aliphatic carbocycles. The molecule has 13 nitrogen and oxygen atoms in total. The Balaban J connectivity index is 2.51. The average Bonchev–Trinajstić information content (AvgIpc) is 2.78. The Morgan fingerprint density at radius 2 is 1.67 bits per heavy atom. The third-order valence-corrected chi connectivity index (χ3v) is 4.72. The van der Waals surface area contributed by atoms with E-state index in [1.165, 1.54) is 6.08 Å². The van der Waals surface area contributed by atoms with Crippen molar-refractivity contribution in [3.8, 4) is 0 Å². The van der Waals surface area contributed by atoms with Crippen molar-refractivity contribution in [3.63, 3.8) is 0 Å². The van der Waals surface area contributed by atoms with Crippen molar-refractivity contribution in [2.24, 2.45) is 22.4 Å². The standard InChI is InChI=1S/C23H32N6O7/c1-13(2)20(22(35)36)29-21(34)16(12-19(32)33)28-18(31)4-3-11-26-17(30)10-7-14-5-8-15(9-6-14)27-23(24)25/h5-10,13,16,20H,3-4,11-12H2,1-2H3,(H,26,30)(H,28,31)(H,29,34)(H,32,33)(H,35,36)(H4,24,25,27)/b10-7+/t16-,20-/m0/s1. The zero-order valence-corrected chi connectivity index (χ0v) is 20.1. The molecular formula is C23H32N6O7. The van der Waals surface area contributed by atoms with Crippen molar-refractivity contribution in [2.75, 3.05) is 6.54 Å². The van der Waals surface area contributed by atoms with E-state index < -0.39 is 48.2 Å². The highest BCUT2D eigenvalue weighted by Crippen LogP contribution is 2.13. The molecule has 0 aliphatic rings. The topological polar surface area (TPSA) is 226 Å². The number of nitrogens with one attached hydrogen (secondary N) is 3. The number of guanidine groups is 1. The van der Waals surface area contributed by atoms with Crippen molar-refractivity contribution >= 4 is 47.4 Å². The molecule has 9 N–H and O–H groups in total. The molecule has 1 aromatic carbocycles. The number of carboxylic acids is 2. The first-order valence-electron chi connectivity index (χ1n) is 11.1. The highest BCUT2D eigenvalue weighted by atomic mass is 16.4. The molecule has 3 amide bonds. The smallest absolute Gasteiger partial charge is 0.326 e. The van der Waals surface area contributed by atoms with Crippen molar-refractivity contribution in [1.82, 2.24) is 16.0 Å². The zero-order chi connectivity index (χ0) is 27.3. The van der Waals surface area contributed by atoms with Gasteiger partial charge in [-0.05, 0) is 36.1 Å². The summed E-state index contributed by atoms with van der Waals surface area (Å²) < 4.78 is 0. The molecule has 0 heterocycles. The normalized spacial score (nSPS) is 12.4. The van der Waals surface area contributed by atoms with Crippen LogP contribution in [0.4, 0.5) is 5.69 Å². The van der Waals surface area contributed by atoms with Crippen molar-refractivity contribution < 1.29 is 34.2 Å². The Hall–Kier alpha value is -4.42. The molecule has 1 aromatic rings. The number of nitrogens with two attached hydrogens (primary N) is 2. The highest BCUT2D eigenvalue weighted by molar-refractivity contribution is 5.93. The van der Waals surface area contributed by atoms with Crippen LogP contribution in [0.1, 0.15) is 38.7 Å². The molecule has 0 unspecified atom stereocenters. The lowest BCUT2D eigenvalue weighted by atomic mass is 10.0. The van der Waals surface area contributed by atoms with Crippen LogP contribution in [0.25, 0.3) is 6.08 Å². The van der Waals surface area contributed by atoms with Crippen LogP contribution in [0.15, 0.2) is 35.3 Å². The Bertz CT molecular complexity index is 1000. The van der Waals surface area contributed by atoms with Gasteiger partial charge in [-0.3, -0.25) is 19.2 Å². The minimum absolute atomic E-state index is 0.0648. The summed E-state index contributed by atoms with van der Waals surface area (Å²) in [5.41, 5.74) is 11.9. The maximum absolute atomic E-state index is 12.4. The summed E-state index contributed by atoms with van der Waals surface area (Å²) in [7, 11) is 0. The number of nitrogens with zero attached hydrogens (tertiary/aromatic N) is 1. The van der Waals surface area contributed by atoms with Gasteiger partial charge in [0.2, 0.25) is 17.7 Å². The third kappa shape index (κ3) is 11.6. The van der Waals surface area contributed by atoms with Gasteiger partial charge in [0, 0.05) is 19.0 Å². The first-order chi connectivity index (χ1) is 16.9. The lowest BCUT2D eigenvalue weighted by molar-refractivity contribution is -0.144. The SMILES string of the molecule is CC(C)[C@H](NC(=O)[C@H](CC(=O)O)NC(=O)CCCNC(=O)/C=C/c1ccc(N=C(N)N)cc1)C(=O)O. The molecule has 0 fully saturated rings. The minimum Gasteiger partial charge on any atom is -0.481 e. The number of hydrogen-bond donors (Lipinski definition) is 7. The van der Waals surface area contributed by atoms with Gasteiger partial charge in [0.15, 0.2) is 5.96 Å². The summed E-state index contributed by atoms with van der Waals surface area (Å²) in [6, 6.07) is 4.13. The molecule has 13 heteroatoms. The predicted molar refractivity (Wildman–Crippen MR) is 132 cm³/mol. The maximum atomic E-state index is 12.4. The van der Waals surface area contributed by atoms with Gasteiger partial charge in [0.05, 0.1) is 12.1 Å². The molecule has 2 atom stereocenters. The van der Waals surface area contributed by atoms with E-state index in [9.17, 15) is 29.1 Å². The summed E-state index contributed by atoms with van der Waals surface area (Å²) in [5.74, 6) is -5.03. The lowest BCUT2D eigenvalue weighted by Gasteiger charge is -2.22. The van der Waals surface area contributed by atoms with Gasteiger partial charge >= 0.3 is 11.9 Å². The molecule has 0 aromatic heterocycles. The number of benzene rings is 1. The van der Waals surface area contributed by atoms with Gasteiger partial charge in [-0.25, -0.2) is 9.79 Å². The Labute approximate surface area is 208 Å². The van der Waals surface area contributed by atoms with E-state index in [2.05, 4.69) is 20.9 Å². The van der Waals surface area contributed by atoms with Crippen LogP contribution in [-0.4, -0.2) is 64.5 Å². The van der Waals surface area contributed by atoms with E-state index in [-0.39, 0.29) is 31.3 Å². The molecule has 36 heavy (non-hydrogen) atoms. The monoisotopic (exact) mass is 504 g/mol. The van der Waals surface area contributed by atoms with Crippen molar-refractivity contribution in [3.05, 3.63) is 35.9 Å². The number of carbonyl (C=O) groups is 5. The Kier molecular flexibility index (Phi) is 12.1. The second-order valence-electron chi connectivity index (χ2n) is 8.14. The van der Waals surface area contributed by atoms with E-state index in [1.807, 2.05) is 0 Å². The van der Waals surface area contributed by atoms with Gasteiger partial charge in [-0.1, -0.05) is 26.0 Å². The molecule has 0 saturated carbocycles. The van der Waals surface area contributed by atoms with Gasteiger partial charge < -0.3 is 37.6 Å². The summed E-state index contributed by atoms with van der Waals surface area (Å²) in [4.78, 5) is 62.8. The summed E-state index contributed by atoms with van der Waals surface area (Å²) in [5, 5.41) is 25.4. The number of hydrogen-bond acceptors (Lipinski definition) is 6. The van der Waals surface area contributed by atoms with E-state index in [0.29, 0.717) is 5.69 Å².